The van der Waals surface area contributed by atoms with Crippen LogP contribution in [0.15, 0.2) is 18.2 Å². The summed E-state index contributed by atoms with van der Waals surface area (Å²) >= 11 is 0. The molecular formula is C13H16N2O3S. The fourth-order valence-corrected chi connectivity index (χ4v) is 3.50. The van der Waals surface area contributed by atoms with Gasteiger partial charge < -0.3 is 10.0 Å². The van der Waals surface area contributed by atoms with Crippen LogP contribution in [0.2, 0.25) is 0 Å². The van der Waals surface area contributed by atoms with Crippen LogP contribution in [-0.4, -0.2) is 38.1 Å². The van der Waals surface area contributed by atoms with Gasteiger partial charge in [-0.25, -0.2) is 8.42 Å². The van der Waals surface area contributed by atoms with Crippen molar-refractivity contribution in [3.8, 4) is 6.07 Å². The van der Waals surface area contributed by atoms with Gasteiger partial charge in [0.25, 0.3) is 0 Å². The van der Waals surface area contributed by atoms with Crippen molar-refractivity contribution in [1.82, 2.24) is 0 Å². The minimum atomic E-state index is -2.96. The molecule has 0 saturated carbocycles. The van der Waals surface area contributed by atoms with E-state index in [1.165, 1.54) is 0 Å². The molecule has 0 atom stereocenters. The van der Waals surface area contributed by atoms with Crippen molar-refractivity contribution in [2.24, 2.45) is 0 Å². The van der Waals surface area contributed by atoms with E-state index in [1.54, 1.807) is 18.2 Å². The lowest BCUT2D eigenvalue weighted by Crippen LogP contribution is -2.27. The lowest BCUT2D eigenvalue weighted by atomic mass is 10.1. The third-order valence-corrected chi connectivity index (χ3v) is 4.98. The van der Waals surface area contributed by atoms with E-state index in [4.69, 9.17) is 10.4 Å². The summed E-state index contributed by atoms with van der Waals surface area (Å²) < 4.78 is 23.2. The average molecular weight is 280 g/mol. The van der Waals surface area contributed by atoms with Crippen molar-refractivity contribution < 1.29 is 13.5 Å². The number of hydrogen-bond donors (Lipinski definition) is 1. The summed E-state index contributed by atoms with van der Waals surface area (Å²) in [6.07, 6.45) is 0.578. The Morgan fingerprint density at radius 1 is 1.32 bits per heavy atom. The molecular weight excluding hydrogens is 264 g/mol. The second-order valence-corrected chi connectivity index (χ2v) is 6.92. The number of aliphatic hydroxyl groups excluding tert-OH is 1. The highest BCUT2D eigenvalue weighted by Gasteiger charge is 2.20. The Kier molecular flexibility index (Phi) is 4.08. The monoisotopic (exact) mass is 280 g/mol. The third-order valence-electron chi connectivity index (χ3n) is 3.26. The van der Waals surface area contributed by atoms with Gasteiger partial charge in [-0.2, -0.15) is 5.26 Å². The highest BCUT2D eigenvalue weighted by atomic mass is 32.2. The maximum absolute atomic E-state index is 11.6. The van der Waals surface area contributed by atoms with Crippen LogP contribution in [0, 0.1) is 11.3 Å². The minimum Gasteiger partial charge on any atom is -0.392 e. The Bertz CT molecular complexity index is 605. The summed E-state index contributed by atoms with van der Waals surface area (Å²) in [4.78, 5) is 1.93. The number of rotatable bonds is 2. The molecule has 0 aromatic heterocycles. The second kappa shape index (κ2) is 5.59. The third kappa shape index (κ3) is 3.25. The zero-order valence-electron chi connectivity index (χ0n) is 10.5. The highest BCUT2D eigenvalue weighted by molar-refractivity contribution is 7.91. The maximum atomic E-state index is 11.6. The van der Waals surface area contributed by atoms with E-state index in [1.807, 2.05) is 4.90 Å². The molecule has 0 amide bonds. The van der Waals surface area contributed by atoms with Crippen molar-refractivity contribution in [1.29, 1.82) is 5.26 Å². The quantitative estimate of drug-likeness (QED) is 0.861. The maximum Gasteiger partial charge on any atom is 0.152 e. The zero-order chi connectivity index (χ0) is 13.9. The molecule has 0 aliphatic carbocycles. The SMILES string of the molecule is N#Cc1cc(CO)ccc1N1CCCS(=O)(=O)CC1. The van der Waals surface area contributed by atoms with E-state index in [9.17, 15) is 8.42 Å². The first-order valence-electron chi connectivity index (χ1n) is 6.15. The van der Waals surface area contributed by atoms with E-state index < -0.39 is 9.84 Å². The van der Waals surface area contributed by atoms with Crippen LogP contribution in [0.3, 0.4) is 0 Å². The summed E-state index contributed by atoms with van der Waals surface area (Å²) in [5, 5.41) is 18.2. The van der Waals surface area contributed by atoms with Crippen LogP contribution in [0.4, 0.5) is 5.69 Å². The molecule has 1 aliphatic rings. The molecule has 0 bridgehead atoms. The summed E-state index contributed by atoms with van der Waals surface area (Å²) in [6.45, 7) is 0.936. The molecule has 0 radical (unpaired) electrons. The van der Waals surface area contributed by atoms with Crippen LogP contribution in [0.1, 0.15) is 17.5 Å². The van der Waals surface area contributed by atoms with Crippen molar-refractivity contribution >= 4 is 15.5 Å². The first-order chi connectivity index (χ1) is 9.05. The van der Waals surface area contributed by atoms with E-state index in [0.717, 1.165) is 5.69 Å². The van der Waals surface area contributed by atoms with Crippen LogP contribution in [0.25, 0.3) is 0 Å². The topological polar surface area (TPSA) is 81.4 Å². The molecule has 1 N–H and O–H groups in total. The van der Waals surface area contributed by atoms with Gasteiger partial charge in [-0.3, -0.25) is 0 Å². The van der Waals surface area contributed by atoms with Crippen molar-refractivity contribution in [2.45, 2.75) is 13.0 Å². The van der Waals surface area contributed by atoms with Gasteiger partial charge in [0, 0.05) is 13.1 Å². The largest absolute Gasteiger partial charge is 0.392 e. The molecule has 1 fully saturated rings. The molecule has 2 rings (SSSR count). The first-order valence-corrected chi connectivity index (χ1v) is 7.97. The van der Waals surface area contributed by atoms with Gasteiger partial charge in [0.1, 0.15) is 6.07 Å². The summed E-state index contributed by atoms with van der Waals surface area (Å²) in [5.41, 5.74) is 1.91. The summed E-state index contributed by atoms with van der Waals surface area (Å²) in [7, 11) is -2.96. The van der Waals surface area contributed by atoms with Crippen molar-refractivity contribution in [2.75, 3.05) is 29.5 Å². The van der Waals surface area contributed by atoms with Gasteiger partial charge in [-0.15, -0.1) is 0 Å². The van der Waals surface area contributed by atoms with Gasteiger partial charge >= 0.3 is 0 Å². The molecule has 19 heavy (non-hydrogen) atoms. The number of benzene rings is 1. The second-order valence-electron chi connectivity index (χ2n) is 4.61. The standard InChI is InChI=1S/C13H16N2O3S/c14-9-12-8-11(10-16)2-3-13(12)15-4-1-6-19(17,18)7-5-15/h2-3,8,16H,1,4-7,10H2. The number of nitriles is 1. The highest BCUT2D eigenvalue weighted by Crippen LogP contribution is 2.23. The smallest absolute Gasteiger partial charge is 0.152 e. The lowest BCUT2D eigenvalue weighted by molar-refractivity contribution is 0.282. The number of hydrogen-bond acceptors (Lipinski definition) is 5. The summed E-state index contributed by atoms with van der Waals surface area (Å²) in [6, 6.07) is 7.29. The molecule has 102 valence electrons. The Morgan fingerprint density at radius 2 is 2.11 bits per heavy atom. The number of anilines is 1. The average Bonchev–Trinajstić information content (AvgIpc) is 2.59. The molecule has 0 spiro atoms. The van der Waals surface area contributed by atoms with E-state index in [2.05, 4.69) is 6.07 Å². The number of sulfone groups is 1. The fraction of sp³-hybridized carbons (Fsp3) is 0.462. The van der Waals surface area contributed by atoms with Crippen molar-refractivity contribution in [3.05, 3.63) is 29.3 Å². The van der Waals surface area contributed by atoms with E-state index in [-0.39, 0.29) is 18.1 Å². The number of nitrogens with zero attached hydrogens (tertiary/aromatic N) is 2. The lowest BCUT2D eigenvalue weighted by Gasteiger charge is -2.23. The predicted octanol–water partition coefficient (Wildman–Crippen LogP) is 0.675. The molecule has 0 unspecified atom stereocenters. The minimum absolute atomic E-state index is 0.108. The van der Waals surface area contributed by atoms with E-state index in [0.29, 0.717) is 30.6 Å². The van der Waals surface area contributed by atoms with Gasteiger partial charge in [0.15, 0.2) is 9.84 Å². The van der Waals surface area contributed by atoms with Crippen molar-refractivity contribution in [3.63, 3.8) is 0 Å². The molecule has 1 aromatic rings. The molecule has 1 heterocycles. The van der Waals surface area contributed by atoms with Crippen LogP contribution in [0.5, 0.6) is 0 Å². The molecule has 6 heteroatoms. The molecule has 1 aliphatic heterocycles. The van der Waals surface area contributed by atoms with Gasteiger partial charge in [-0.05, 0) is 24.1 Å². The van der Waals surface area contributed by atoms with Gasteiger partial charge in [0.2, 0.25) is 0 Å². The molecule has 1 aromatic carbocycles. The van der Waals surface area contributed by atoms with Gasteiger partial charge in [-0.1, -0.05) is 6.07 Å². The Labute approximate surface area is 113 Å². The van der Waals surface area contributed by atoms with E-state index >= 15 is 0 Å². The summed E-state index contributed by atoms with van der Waals surface area (Å²) in [5.74, 6) is 0.333. The molecule has 5 nitrogen and oxygen atoms in total. The normalized spacial score (nSPS) is 18.6. The van der Waals surface area contributed by atoms with Crippen LogP contribution in [-0.2, 0) is 16.4 Å². The number of aliphatic hydroxyl groups is 1. The Morgan fingerprint density at radius 3 is 2.79 bits per heavy atom. The zero-order valence-corrected chi connectivity index (χ0v) is 11.4. The van der Waals surface area contributed by atoms with Gasteiger partial charge in [0.05, 0.1) is 29.4 Å². The van der Waals surface area contributed by atoms with Crippen LogP contribution >= 0.6 is 0 Å². The molecule has 1 saturated heterocycles. The fourth-order valence-electron chi connectivity index (χ4n) is 2.23. The van der Waals surface area contributed by atoms with Crippen LogP contribution < -0.4 is 4.90 Å². The first kappa shape index (κ1) is 13.8. The Hall–Kier alpha value is -1.58. The Balaban J connectivity index is 2.29. The predicted molar refractivity (Wildman–Crippen MR) is 72.6 cm³/mol.